The van der Waals surface area contributed by atoms with E-state index in [0.29, 0.717) is 29.6 Å². The molecule has 124 valence electrons. The van der Waals surface area contributed by atoms with Gasteiger partial charge in [0.05, 0.1) is 6.10 Å². The quantitative estimate of drug-likeness (QED) is 0.841. The van der Waals surface area contributed by atoms with Gasteiger partial charge in [-0.25, -0.2) is 0 Å². The summed E-state index contributed by atoms with van der Waals surface area (Å²) >= 11 is 0. The second-order valence-corrected chi connectivity index (χ2v) is 7.49. The third-order valence-electron chi connectivity index (χ3n) is 6.19. The average Bonchev–Trinajstić information content (AvgIpc) is 2.54. The predicted molar refractivity (Wildman–Crippen MR) is 89.7 cm³/mol. The zero-order valence-corrected chi connectivity index (χ0v) is 14.8. The van der Waals surface area contributed by atoms with Crippen LogP contribution in [0.2, 0.25) is 0 Å². The van der Waals surface area contributed by atoms with E-state index in [1.807, 2.05) is 7.11 Å². The molecule has 1 saturated carbocycles. The maximum Gasteiger partial charge on any atom is 0.0586 e. The fraction of sp³-hybridized carbons (Fsp3) is 1.00. The fourth-order valence-corrected chi connectivity index (χ4v) is 4.40. The van der Waals surface area contributed by atoms with Crippen molar-refractivity contribution in [3.8, 4) is 0 Å². The van der Waals surface area contributed by atoms with Crippen molar-refractivity contribution in [2.24, 2.45) is 5.92 Å². The molecular weight excluding hydrogens is 260 g/mol. The Bertz CT molecular complexity index is 314. The predicted octanol–water partition coefficient (Wildman–Crippen LogP) is 3.43. The Labute approximate surface area is 131 Å². The Morgan fingerprint density at radius 1 is 1.24 bits per heavy atom. The summed E-state index contributed by atoms with van der Waals surface area (Å²) in [6.07, 6.45) is 8.11. The smallest absolute Gasteiger partial charge is 0.0586 e. The lowest BCUT2D eigenvalue weighted by molar-refractivity contribution is -0.0492. The van der Waals surface area contributed by atoms with Gasteiger partial charge in [-0.3, -0.25) is 4.90 Å². The Kier molecular flexibility index (Phi) is 6.10. The number of rotatable bonds is 5. The standard InChI is InChI=1S/C18H36N2O/c1-6-18(7-2)13-19-17(14(3)4)12-20(18)15-9-8-10-16(11-15)21-5/h14-17,19H,6-13H2,1-5H3. The lowest BCUT2D eigenvalue weighted by Gasteiger charge is -2.55. The molecule has 21 heavy (non-hydrogen) atoms. The molecule has 3 unspecified atom stereocenters. The van der Waals surface area contributed by atoms with Crippen LogP contribution in [0, 0.1) is 5.92 Å². The van der Waals surface area contributed by atoms with Crippen molar-refractivity contribution in [1.82, 2.24) is 10.2 Å². The molecule has 0 aromatic rings. The summed E-state index contributed by atoms with van der Waals surface area (Å²) in [5.74, 6) is 0.709. The molecule has 2 aliphatic rings. The van der Waals surface area contributed by atoms with Crippen LogP contribution in [-0.4, -0.2) is 48.8 Å². The maximum atomic E-state index is 5.68. The maximum absolute atomic E-state index is 5.68. The van der Waals surface area contributed by atoms with E-state index in [1.165, 1.54) is 45.1 Å². The van der Waals surface area contributed by atoms with Gasteiger partial charge in [-0.15, -0.1) is 0 Å². The van der Waals surface area contributed by atoms with Gasteiger partial charge in [0.25, 0.3) is 0 Å². The first-order valence-electron chi connectivity index (χ1n) is 9.09. The van der Waals surface area contributed by atoms with Gasteiger partial charge in [0.15, 0.2) is 0 Å². The van der Waals surface area contributed by atoms with Crippen LogP contribution < -0.4 is 5.32 Å². The van der Waals surface area contributed by atoms with Gasteiger partial charge in [-0.2, -0.15) is 0 Å². The van der Waals surface area contributed by atoms with Crippen molar-refractivity contribution in [2.45, 2.75) is 89.9 Å². The summed E-state index contributed by atoms with van der Waals surface area (Å²) in [4.78, 5) is 2.87. The van der Waals surface area contributed by atoms with Gasteiger partial charge in [-0.1, -0.05) is 27.7 Å². The summed E-state index contributed by atoms with van der Waals surface area (Å²) in [6.45, 7) is 11.8. The van der Waals surface area contributed by atoms with E-state index in [0.717, 1.165) is 6.54 Å². The highest BCUT2D eigenvalue weighted by atomic mass is 16.5. The number of hydrogen-bond acceptors (Lipinski definition) is 3. The Morgan fingerprint density at radius 3 is 2.52 bits per heavy atom. The molecule has 0 spiro atoms. The van der Waals surface area contributed by atoms with Gasteiger partial charge in [0.2, 0.25) is 0 Å². The molecule has 1 heterocycles. The number of nitrogens with zero attached hydrogens (tertiary/aromatic N) is 1. The van der Waals surface area contributed by atoms with Crippen LogP contribution in [0.3, 0.4) is 0 Å². The molecule has 1 saturated heterocycles. The topological polar surface area (TPSA) is 24.5 Å². The lowest BCUT2D eigenvalue weighted by Crippen LogP contribution is -2.68. The third-order valence-corrected chi connectivity index (χ3v) is 6.19. The second-order valence-electron chi connectivity index (χ2n) is 7.49. The zero-order valence-electron chi connectivity index (χ0n) is 14.8. The first-order valence-corrected chi connectivity index (χ1v) is 9.09. The number of methoxy groups -OCH3 is 1. The van der Waals surface area contributed by atoms with E-state index in [-0.39, 0.29) is 0 Å². The van der Waals surface area contributed by atoms with Crippen molar-refractivity contribution in [2.75, 3.05) is 20.2 Å². The molecule has 1 aliphatic carbocycles. The summed E-state index contributed by atoms with van der Waals surface area (Å²) in [7, 11) is 1.88. The molecule has 0 aromatic heterocycles. The van der Waals surface area contributed by atoms with Crippen LogP contribution in [0.4, 0.5) is 0 Å². The van der Waals surface area contributed by atoms with E-state index in [1.54, 1.807) is 0 Å². The van der Waals surface area contributed by atoms with E-state index < -0.39 is 0 Å². The number of hydrogen-bond donors (Lipinski definition) is 1. The SMILES string of the molecule is CCC1(CC)CNC(C(C)C)CN1C1CCCC(OC)C1. The van der Waals surface area contributed by atoms with E-state index in [9.17, 15) is 0 Å². The van der Waals surface area contributed by atoms with Crippen LogP contribution in [0.15, 0.2) is 0 Å². The molecule has 3 nitrogen and oxygen atoms in total. The van der Waals surface area contributed by atoms with Gasteiger partial charge >= 0.3 is 0 Å². The van der Waals surface area contributed by atoms with E-state index in [4.69, 9.17) is 4.74 Å². The first kappa shape index (κ1) is 17.2. The molecule has 0 bridgehead atoms. The van der Waals surface area contributed by atoms with Crippen molar-refractivity contribution in [3.63, 3.8) is 0 Å². The van der Waals surface area contributed by atoms with Crippen molar-refractivity contribution >= 4 is 0 Å². The highest BCUT2D eigenvalue weighted by Crippen LogP contribution is 2.35. The molecule has 3 atom stereocenters. The largest absolute Gasteiger partial charge is 0.381 e. The summed E-state index contributed by atoms with van der Waals surface area (Å²) < 4.78 is 5.68. The van der Waals surface area contributed by atoms with Crippen LogP contribution >= 0.6 is 0 Å². The number of piperazine rings is 1. The lowest BCUT2D eigenvalue weighted by atomic mass is 9.81. The molecular formula is C18H36N2O. The summed E-state index contributed by atoms with van der Waals surface area (Å²) in [5, 5.41) is 3.83. The molecule has 1 aliphatic heterocycles. The monoisotopic (exact) mass is 296 g/mol. The fourth-order valence-electron chi connectivity index (χ4n) is 4.40. The highest BCUT2D eigenvalue weighted by molar-refractivity contribution is 5.01. The normalized spacial score (nSPS) is 34.3. The second kappa shape index (κ2) is 7.43. The van der Waals surface area contributed by atoms with E-state index in [2.05, 4.69) is 37.9 Å². The summed E-state index contributed by atoms with van der Waals surface area (Å²) in [6, 6.07) is 1.35. The van der Waals surface area contributed by atoms with Gasteiger partial charge in [0, 0.05) is 37.8 Å². The van der Waals surface area contributed by atoms with Crippen molar-refractivity contribution < 1.29 is 4.74 Å². The highest BCUT2D eigenvalue weighted by Gasteiger charge is 2.43. The molecule has 0 amide bonds. The molecule has 1 N–H and O–H groups in total. The van der Waals surface area contributed by atoms with Crippen LogP contribution in [0.1, 0.15) is 66.2 Å². The minimum atomic E-state index is 0.353. The van der Waals surface area contributed by atoms with Gasteiger partial charge in [0.1, 0.15) is 0 Å². The Balaban J connectivity index is 2.16. The first-order chi connectivity index (χ1) is 10.1. The molecule has 0 radical (unpaired) electrons. The van der Waals surface area contributed by atoms with Gasteiger partial charge in [-0.05, 0) is 44.4 Å². The molecule has 3 heteroatoms. The van der Waals surface area contributed by atoms with Crippen molar-refractivity contribution in [3.05, 3.63) is 0 Å². The third kappa shape index (κ3) is 3.62. The molecule has 2 rings (SSSR count). The number of ether oxygens (including phenoxy) is 1. The van der Waals surface area contributed by atoms with Crippen LogP contribution in [0.5, 0.6) is 0 Å². The van der Waals surface area contributed by atoms with Crippen LogP contribution in [-0.2, 0) is 4.74 Å². The number of nitrogens with one attached hydrogen (secondary N) is 1. The Morgan fingerprint density at radius 2 is 1.95 bits per heavy atom. The van der Waals surface area contributed by atoms with Crippen LogP contribution in [0.25, 0.3) is 0 Å². The average molecular weight is 296 g/mol. The summed E-state index contributed by atoms with van der Waals surface area (Å²) in [5.41, 5.74) is 0.353. The zero-order chi connectivity index (χ0) is 15.5. The minimum absolute atomic E-state index is 0.353. The van der Waals surface area contributed by atoms with Crippen molar-refractivity contribution in [1.29, 1.82) is 0 Å². The Hall–Kier alpha value is -0.120. The minimum Gasteiger partial charge on any atom is -0.381 e. The molecule has 0 aromatic carbocycles. The molecule has 2 fully saturated rings. The van der Waals surface area contributed by atoms with Gasteiger partial charge < -0.3 is 10.1 Å². The van der Waals surface area contributed by atoms with E-state index >= 15 is 0 Å².